The van der Waals surface area contributed by atoms with Crippen LogP contribution in [0.5, 0.6) is 0 Å². The zero-order chi connectivity index (χ0) is 25.7. The zero-order valence-electron chi connectivity index (χ0n) is 20.1. The molecule has 0 saturated carbocycles. The molecule has 0 fully saturated rings. The van der Waals surface area contributed by atoms with Gasteiger partial charge in [0.25, 0.3) is 5.91 Å². The number of nitrogens with one attached hydrogen (secondary N) is 2. The number of anilines is 2. The van der Waals surface area contributed by atoms with Crippen LogP contribution >= 0.6 is 23.1 Å². The summed E-state index contributed by atoms with van der Waals surface area (Å²) in [5, 5.41) is 5.85. The first-order valence-corrected chi connectivity index (χ1v) is 13.5. The number of esters is 1. The van der Waals surface area contributed by atoms with Crippen LogP contribution in [0, 0.1) is 5.82 Å². The monoisotopic (exact) mass is 526 g/mol. The van der Waals surface area contributed by atoms with Crippen molar-refractivity contribution in [2.75, 3.05) is 17.2 Å². The van der Waals surface area contributed by atoms with E-state index in [1.807, 2.05) is 6.07 Å². The molecule has 36 heavy (non-hydrogen) atoms. The molecular formula is C27H27FN2O4S2. The van der Waals surface area contributed by atoms with E-state index >= 15 is 0 Å². The van der Waals surface area contributed by atoms with E-state index in [1.54, 1.807) is 32.0 Å². The van der Waals surface area contributed by atoms with Crippen molar-refractivity contribution in [1.29, 1.82) is 0 Å². The predicted octanol–water partition coefficient (Wildman–Crippen LogP) is 6.31. The number of halogens is 1. The van der Waals surface area contributed by atoms with E-state index in [0.717, 1.165) is 41.0 Å². The third-order valence-electron chi connectivity index (χ3n) is 5.77. The quantitative estimate of drug-likeness (QED) is 0.265. The van der Waals surface area contributed by atoms with Crippen LogP contribution in [-0.4, -0.2) is 29.6 Å². The van der Waals surface area contributed by atoms with E-state index in [0.29, 0.717) is 21.8 Å². The van der Waals surface area contributed by atoms with Gasteiger partial charge >= 0.3 is 5.97 Å². The number of benzene rings is 2. The van der Waals surface area contributed by atoms with Crippen LogP contribution in [0.2, 0.25) is 0 Å². The van der Waals surface area contributed by atoms with Crippen molar-refractivity contribution in [2.24, 2.45) is 0 Å². The van der Waals surface area contributed by atoms with Gasteiger partial charge in [-0.15, -0.1) is 23.1 Å². The Morgan fingerprint density at radius 3 is 2.58 bits per heavy atom. The highest BCUT2D eigenvalue weighted by Crippen LogP contribution is 2.39. The standard InChI is InChI=1S/C27H27FN2O4S2/c1-3-34-27(33)23-21-9-4-5-10-22(21)36-26(23)30-24(31)16(2)35-20-8-6-7-19(15-20)29-25(32)17-11-13-18(28)14-12-17/h6-8,11-16H,3-5,9-10H2,1-2H3,(H,29,32)(H,30,31). The summed E-state index contributed by atoms with van der Waals surface area (Å²) in [5.41, 5.74) is 2.41. The second-order valence-electron chi connectivity index (χ2n) is 8.37. The lowest BCUT2D eigenvalue weighted by Gasteiger charge is -2.14. The second-order valence-corrected chi connectivity index (χ2v) is 10.9. The summed E-state index contributed by atoms with van der Waals surface area (Å²) in [5.74, 6) is -1.37. The van der Waals surface area contributed by atoms with Crippen molar-refractivity contribution >= 4 is 51.6 Å². The number of carbonyl (C=O) groups is 3. The number of thioether (sulfide) groups is 1. The molecule has 0 bridgehead atoms. The minimum atomic E-state index is -0.456. The van der Waals surface area contributed by atoms with Crippen LogP contribution in [0.3, 0.4) is 0 Å². The number of fused-ring (bicyclic) bond motifs is 1. The van der Waals surface area contributed by atoms with Crippen LogP contribution < -0.4 is 10.6 Å². The third-order valence-corrected chi connectivity index (χ3v) is 8.07. The Morgan fingerprint density at radius 2 is 1.83 bits per heavy atom. The number of hydrogen-bond acceptors (Lipinski definition) is 6. The summed E-state index contributed by atoms with van der Waals surface area (Å²) in [6.07, 6.45) is 3.81. The minimum Gasteiger partial charge on any atom is -0.462 e. The highest BCUT2D eigenvalue weighted by molar-refractivity contribution is 8.00. The van der Waals surface area contributed by atoms with Crippen LogP contribution in [0.4, 0.5) is 15.1 Å². The lowest BCUT2D eigenvalue weighted by atomic mass is 9.95. The molecule has 0 aliphatic heterocycles. The van der Waals surface area contributed by atoms with Crippen LogP contribution in [0.15, 0.2) is 53.4 Å². The van der Waals surface area contributed by atoms with Gasteiger partial charge in [0, 0.05) is 21.0 Å². The van der Waals surface area contributed by atoms with Crippen molar-refractivity contribution in [1.82, 2.24) is 0 Å². The van der Waals surface area contributed by atoms with Gasteiger partial charge in [0.05, 0.1) is 17.4 Å². The summed E-state index contributed by atoms with van der Waals surface area (Å²) in [6.45, 7) is 3.84. The van der Waals surface area contributed by atoms with Gasteiger partial charge in [-0.2, -0.15) is 0 Å². The van der Waals surface area contributed by atoms with Crippen molar-refractivity contribution in [3.8, 4) is 0 Å². The third kappa shape index (κ3) is 6.14. The molecule has 1 heterocycles. The molecule has 1 aromatic heterocycles. The molecule has 0 saturated heterocycles. The molecule has 6 nitrogen and oxygen atoms in total. The summed E-state index contributed by atoms with van der Waals surface area (Å²) in [4.78, 5) is 40.1. The van der Waals surface area contributed by atoms with E-state index in [2.05, 4.69) is 10.6 Å². The fourth-order valence-electron chi connectivity index (χ4n) is 4.00. The van der Waals surface area contributed by atoms with Crippen molar-refractivity contribution < 1.29 is 23.5 Å². The first-order chi connectivity index (χ1) is 17.4. The van der Waals surface area contributed by atoms with Gasteiger partial charge in [-0.25, -0.2) is 9.18 Å². The Kier molecular flexibility index (Phi) is 8.43. The number of thiophene rings is 1. The predicted molar refractivity (Wildman–Crippen MR) is 142 cm³/mol. The maximum Gasteiger partial charge on any atom is 0.341 e. The maximum atomic E-state index is 13.1. The molecule has 2 aromatic carbocycles. The van der Waals surface area contributed by atoms with E-state index in [1.165, 1.54) is 47.4 Å². The number of hydrogen-bond donors (Lipinski definition) is 2. The molecule has 1 atom stereocenters. The summed E-state index contributed by atoms with van der Waals surface area (Å²) in [6, 6.07) is 12.5. The Hall–Kier alpha value is -3.17. The van der Waals surface area contributed by atoms with Gasteiger partial charge in [-0.3, -0.25) is 9.59 Å². The molecule has 1 aliphatic rings. The van der Waals surface area contributed by atoms with Gasteiger partial charge in [0.1, 0.15) is 10.8 Å². The molecule has 0 radical (unpaired) electrons. The minimum absolute atomic E-state index is 0.218. The first kappa shape index (κ1) is 25.9. The first-order valence-electron chi connectivity index (χ1n) is 11.8. The van der Waals surface area contributed by atoms with Gasteiger partial charge < -0.3 is 15.4 Å². The number of rotatable bonds is 8. The molecule has 2 amide bonds. The molecule has 2 N–H and O–H groups in total. The normalized spacial score (nSPS) is 13.4. The molecule has 0 spiro atoms. The second kappa shape index (κ2) is 11.7. The molecule has 9 heteroatoms. The van der Waals surface area contributed by atoms with E-state index < -0.39 is 17.0 Å². The smallest absolute Gasteiger partial charge is 0.341 e. The SMILES string of the molecule is CCOC(=O)c1c(NC(=O)C(C)Sc2cccc(NC(=O)c3ccc(F)cc3)c2)sc2c1CCCC2. The fourth-order valence-corrected chi connectivity index (χ4v) is 6.20. The average molecular weight is 527 g/mol. The number of amides is 2. The molecule has 1 aliphatic carbocycles. The average Bonchev–Trinajstić information content (AvgIpc) is 3.22. The lowest BCUT2D eigenvalue weighted by molar-refractivity contribution is -0.115. The molecule has 1 unspecified atom stereocenters. The number of aryl methyl sites for hydroxylation is 1. The van der Waals surface area contributed by atoms with Gasteiger partial charge in [0.2, 0.25) is 5.91 Å². The Morgan fingerprint density at radius 1 is 1.08 bits per heavy atom. The summed E-state index contributed by atoms with van der Waals surface area (Å²) in [7, 11) is 0. The molecule has 3 aromatic rings. The van der Waals surface area contributed by atoms with Gasteiger partial charge in [0.15, 0.2) is 0 Å². The van der Waals surface area contributed by atoms with E-state index in [9.17, 15) is 18.8 Å². The van der Waals surface area contributed by atoms with Gasteiger partial charge in [-0.05, 0) is 87.6 Å². The topological polar surface area (TPSA) is 84.5 Å². The van der Waals surface area contributed by atoms with Crippen molar-refractivity contribution in [3.63, 3.8) is 0 Å². The highest BCUT2D eigenvalue weighted by Gasteiger charge is 2.28. The highest BCUT2D eigenvalue weighted by atomic mass is 32.2. The summed E-state index contributed by atoms with van der Waals surface area (Å²) < 4.78 is 18.4. The van der Waals surface area contributed by atoms with Crippen LogP contribution in [0.1, 0.15) is 57.8 Å². The van der Waals surface area contributed by atoms with Crippen molar-refractivity contribution in [2.45, 2.75) is 49.7 Å². The van der Waals surface area contributed by atoms with Crippen molar-refractivity contribution in [3.05, 3.63) is 75.9 Å². The maximum absolute atomic E-state index is 13.1. The molecule has 4 rings (SSSR count). The van der Waals surface area contributed by atoms with Crippen LogP contribution in [-0.2, 0) is 22.4 Å². The number of carbonyl (C=O) groups excluding carboxylic acids is 3. The molecule has 188 valence electrons. The fraction of sp³-hybridized carbons (Fsp3) is 0.296. The summed E-state index contributed by atoms with van der Waals surface area (Å²) >= 11 is 2.81. The number of ether oxygens (including phenoxy) is 1. The Labute approximate surface area is 217 Å². The molecular weight excluding hydrogens is 499 g/mol. The lowest BCUT2D eigenvalue weighted by Crippen LogP contribution is -2.23. The van der Waals surface area contributed by atoms with E-state index in [-0.39, 0.29) is 18.4 Å². The Balaban J connectivity index is 1.43. The largest absolute Gasteiger partial charge is 0.462 e. The Bertz CT molecular complexity index is 1270. The zero-order valence-corrected chi connectivity index (χ0v) is 21.7. The van der Waals surface area contributed by atoms with E-state index in [4.69, 9.17) is 4.74 Å². The van der Waals surface area contributed by atoms with Crippen LogP contribution in [0.25, 0.3) is 0 Å². The van der Waals surface area contributed by atoms with Gasteiger partial charge in [-0.1, -0.05) is 6.07 Å².